The van der Waals surface area contributed by atoms with Crippen LogP contribution in [0.1, 0.15) is 59.4 Å². The number of aldehydes is 1. The predicted molar refractivity (Wildman–Crippen MR) is 142 cm³/mol. The third-order valence-electron chi connectivity index (χ3n) is 6.71. The minimum absolute atomic E-state index is 0.0125. The fraction of sp³-hybridized carbons (Fsp3) is 0.357. The standard InChI is InChI=1S/C28H30Cl2FN3O3/c1-26(2,36)20-12-18(16-35)25(24(31)13-20)28(37-17-27(32)10-11-27,19-4-6-21(29)7-5-19)34(3)15-23-9-8-22(30)14-33-23/h4-9,12-14,16,36H,10-11,15,17,32H2,1-3H3/t28-/m1/s1. The highest BCUT2D eigenvalue weighted by Crippen LogP contribution is 2.44. The molecule has 1 aromatic heterocycles. The SMILES string of the molecule is CN(Cc1ccc(Cl)cn1)[C@@](OCC1(N)CC1)(c1ccc(Cl)cc1)c1c(F)cc(C(C)(C)O)cc1C=O. The Morgan fingerprint density at radius 3 is 2.32 bits per heavy atom. The van der Waals surface area contributed by atoms with Gasteiger partial charge >= 0.3 is 0 Å². The Balaban J connectivity index is 1.97. The van der Waals surface area contributed by atoms with Crippen molar-refractivity contribution in [3.05, 3.63) is 98.5 Å². The van der Waals surface area contributed by atoms with Gasteiger partial charge in [-0.15, -0.1) is 0 Å². The van der Waals surface area contributed by atoms with Crippen LogP contribution in [0.15, 0.2) is 54.7 Å². The first-order valence-electron chi connectivity index (χ1n) is 11.9. The Hall–Kier alpha value is -2.39. The number of nitrogens with zero attached hydrogens (tertiary/aromatic N) is 2. The topological polar surface area (TPSA) is 88.7 Å². The van der Waals surface area contributed by atoms with E-state index in [4.69, 9.17) is 33.7 Å². The maximum Gasteiger partial charge on any atom is 0.177 e. The van der Waals surface area contributed by atoms with Gasteiger partial charge in [-0.1, -0.05) is 35.3 Å². The summed E-state index contributed by atoms with van der Waals surface area (Å²) in [5.41, 5.74) is 4.45. The van der Waals surface area contributed by atoms with Gasteiger partial charge in [-0.3, -0.25) is 14.7 Å². The number of pyridine rings is 1. The molecule has 1 fully saturated rings. The van der Waals surface area contributed by atoms with Crippen molar-refractivity contribution in [2.24, 2.45) is 5.73 Å². The molecular formula is C28H30Cl2FN3O3. The van der Waals surface area contributed by atoms with Gasteiger partial charge in [-0.05, 0) is 75.7 Å². The molecule has 0 radical (unpaired) electrons. The van der Waals surface area contributed by atoms with Gasteiger partial charge in [0.15, 0.2) is 12.0 Å². The molecule has 6 nitrogen and oxygen atoms in total. The molecule has 1 atom stereocenters. The molecule has 1 saturated carbocycles. The zero-order valence-electron chi connectivity index (χ0n) is 21.0. The average molecular weight is 546 g/mol. The second kappa shape index (κ2) is 10.4. The smallest absolute Gasteiger partial charge is 0.177 e. The molecule has 0 saturated heterocycles. The molecule has 0 spiro atoms. The zero-order chi connectivity index (χ0) is 27.0. The first-order chi connectivity index (χ1) is 17.4. The number of aliphatic hydroxyl groups is 1. The minimum atomic E-state index is -1.58. The third-order valence-corrected chi connectivity index (χ3v) is 7.19. The first kappa shape index (κ1) is 27.6. The Labute approximate surface area is 226 Å². The van der Waals surface area contributed by atoms with Crippen molar-refractivity contribution >= 4 is 29.5 Å². The lowest BCUT2D eigenvalue weighted by molar-refractivity contribution is -0.136. The van der Waals surface area contributed by atoms with Crippen molar-refractivity contribution in [1.29, 1.82) is 0 Å². The van der Waals surface area contributed by atoms with E-state index in [1.54, 1.807) is 48.3 Å². The van der Waals surface area contributed by atoms with Crippen LogP contribution in [-0.4, -0.2) is 40.5 Å². The fourth-order valence-corrected chi connectivity index (χ4v) is 4.57. The summed E-state index contributed by atoms with van der Waals surface area (Å²) in [6.45, 7) is 3.41. The predicted octanol–water partition coefficient (Wildman–Crippen LogP) is 5.41. The minimum Gasteiger partial charge on any atom is -0.386 e. The van der Waals surface area contributed by atoms with Crippen molar-refractivity contribution in [3.63, 3.8) is 0 Å². The largest absolute Gasteiger partial charge is 0.386 e. The summed E-state index contributed by atoms with van der Waals surface area (Å²) >= 11 is 12.2. The quantitative estimate of drug-likeness (QED) is 0.261. The van der Waals surface area contributed by atoms with Crippen LogP contribution in [0, 0.1) is 5.82 Å². The molecule has 1 aliphatic carbocycles. The van der Waals surface area contributed by atoms with Crippen molar-refractivity contribution in [3.8, 4) is 0 Å². The lowest BCUT2D eigenvalue weighted by Crippen LogP contribution is -2.50. The van der Waals surface area contributed by atoms with E-state index >= 15 is 4.39 Å². The van der Waals surface area contributed by atoms with E-state index in [9.17, 15) is 9.90 Å². The summed E-state index contributed by atoms with van der Waals surface area (Å²) in [6.07, 6.45) is 3.65. The van der Waals surface area contributed by atoms with E-state index in [0.717, 1.165) is 12.8 Å². The van der Waals surface area contributed by atoms with Crippen LogP contribution >= 0.6 is 23.2 Å². The van der Waals surface area contributed by atoms with Gasteiger partial charge < -0.3 is 15.6 Å². The van der Waals surface area contributed by atoms with Crippen LogP contribution in [-0.2, 0) is 22.6 Å². The van der Waals surface area contributed by atoms with E-state index in [2.05, 4.69) is 4.98 Å². The third kappa shape index (κ3) is 5.87. The molecule has 0 bridgehead atoms. The molecule has 196 valence electrons. The summed E-state index contributed by atoms with van der Waals surface area (Å²) in [5.74, 6) is -0.700. The van der Waals surface area contributed by atoms with Gasteiger partial charge in [0, 0.05) is 40.0 Å². The summed E-state index contributed by atoms with van der Waals surface area (Å²) in [6, 6.07) is 13.1. The number of halogens is 3. The highest BCUT2D eigenvalue weighted by atomic mass is 35.5. The number of nitrogens with two attached hydrogens (primary N) is 1. The molecule has 0 amide bonds. The second-order valence-corrected chi connectivity index (χ2v) is 11.1. The van der Waals surface area contributed by atoms with Crippen molar-refractivity contribution in [2.45, 2.75) is 50.1 Å². The van der Waals surface area contributed by atoms with Crippen LogP contribution in [0.3, 0.4) is 0 Å². The van der Waals surface area contributed by atoms with E-state index in [1.807, 2.05) is 0 Å². The summed E-state index contributed by atoms with van der Waals surface area (Å²) < 4.78 is 22.8. The molecule has 3 aromatic rings. The highest BCUT2D eigenvalue weighted by molar-refractivity contribution is 6.30. The van der Waals surface area contributed by atoms with Crippen molar-refractivity contribution < 1.29 is 19.0 Å². The van der Waals surface area contributed by atoms with E-state index in [1.165, 1.54) is 32.2 Å². The molecular weight excluding hydrogens is 516 g/mol. The first-order valence-corrected chi connectivity index (χ1v) is 12.7. The number of rotatable bonds is 10. The Bertz CT molecular complexity index is 1280. The van der Waals surface area contributed by atoms with E-state index < -0.39 is 22.7 Å². The molecule has 37 heavy (non-hydrogen) atoms. The number of ether oxygens (including phenoxy) is 1. The van der Waals surface area contributed by atoms with Gasteiger partial charge in [0.2, 0.25) is 0 Å². The van der Waals surface area contributed by atoms with Gasteiger partial charge in [-0.2, -0.15) is 0 Å². The van der Waals surface area contributed by atoms with Gasteiger partial charge in [-0.25, -0.2) is 4.39 Å². The summed E-state index contributed by atoms with van der Waals surface area (Å²) in [4.78, 5) is 18.6. The van der Waals surface area contributed by atoms with Crippen molar-refractivity contribution in [1.82, 2.24) is 9.88 Å². The lowest BCUT2D eigenvalue weighted by Gasteiger charge is -2.44. The molecule has 3 N–H and O–H groups in total. The Morgan fingerprint density at radius 1 is 1.14 bits per heavy atom. The maximum atomic E-state index is 16.2. The van der Waals surface area contributed by atoms with E-state index in [0.29, 0.717) is 27.6 Å². The average Bonchev–Trinajstić information content (AvgIpc) is 3.58. The van der Waals surface area contributed by atoms with Gasteiger partial charge in [0.25, 0.3) is 0 Å². The Morgan fingerprint density at radius 2 is 1.78 bits per heavy atom. The normalized spacial score (nSPS) is 16.5. The molecule has 2 aromatic carbocycles. The van der Waals surface area contributed by atoms with Crippen LogP contribution < -0.4 is 5.73 Å². The Kier molecular flexibility index (Phi) is 7.77. The molecule has 9 heteroatoms. The molecule has 4 rings (SSSR count). The van der Waals surface area contributed by atoms with Crippen LogP contribution in [0.2, 0.25) is 10.0 Å². The number of carbonyl (C=O) groups is 1. The van der Waals surface area contributed by atoms with Crippen LogP contribution in [0.5, 0.6) is 0 Å². The fourth-order valence-electron chi connectivity index (χ4n) is 4.34. The zero-order valence-corrected chi connectivity index (χ0v) is 22.5. The number of hydrogen-bond donors (Lipinski definition) is 2. The summed E-state index contributed by atoms with van der Waals surface area (Å²) in [7, 11) is 1.76. The number of carbonyl (C=O) groups excluding carboxylic acids is 1. The number of benzene rings is 2. The van der Waals surface area contributed by atoms with Crippen LogP contribution in [0.25, 0.3) is 0 Å². The molecule has 0 unspecified atom stereocenters. The highest BCUT2D eigenvalue weighted by Gasteiger charge is 2.48. The summed E-state index contributed by atoms with van der Waals surface area (Å²) in [5, 5.41) is 11.5. The second-order valence-electron chi connectivity index (χ2n) is 10.2. The molecule has 1 heterocycles. The molecule has 1 aliphatic rings. The number of aromatic nitrogens is 1. The monoisotopic (exact) mass is 545 g/mol. The maximum absolute atomic E-state index is 16.2. The van der Waals surface area contributed by atoms with Crippen LogP contribution in [0.4, 0.5) is 4.39 Å². The van der Waals surface area contributed by atoms with E-state index in [-0.39, 0.29) is 29.8 Å². The molecule has 0 aliphatic heterocycles. The number of hydrogen-bond acceptors (Lipinski definition) is 6. The van der Waals surface area contributed by atoms with Gasteiger partial charge in [0.1, 0.15) is 5.82 Å². The van der Waals surface area contributed by atoms with Gasteiger partial charge in [0.05, 0.1) is 22.9 Å². The van der Waals surface area contributed by atoms with Crippen molar-refractivity contribution in [2.75, 3.05) is 13.7 Å². The lowest BCUT2D eigenvalue weighted by atomic mass is 9.85.